The molecule has 0 unspecified atom stereocenters. The van der Waals surface area contributed by atoms with E-state index in [-0.39, 0.29) is 23.2 Å². The molecule has 3 heterocycles. The SMILES string of the molecule is CCCNC(=O)c1cn2ncnc(N(C(=O)OCOC(=O)c3cccnc3)c3cc(C(=O)NCC)ccc3C)c2c1C. The van der Waals surface area contributed by atoms with Crippen LogP contribution >= 0.6 is 0 Å². The zero-order chi connectivity index (χ0) is 30.2. The predicted octanol–water partition coefficient (Wildman–Crippen LogP) is 3.72. The highest BCUT2D eigenvalue weighted by Crippen LogP contribution is 2.34. The van der Waals surface area contributed by atoms with E-state index in [0.717, 1.165) is 11.3 Å². The van der Waals surface area contributed by atoms with Gasteiger partial charge >= 0.3 is 12.1 Å². The fraction of sp³-hybridized carbons (Fsp3) is 0.276. The minimum Gasteiger partial charge on any atom is -0.424 e. The number of fused-ring (bicyclic) bond motifs is 1. The maximum atomic E-state index is 13.7. The summed E-state index contributed by atoms with van der Waals surface area (Å²) in [5.41, 5.74) is 2.65. The first-order chi connectivity index (χ1) is 20.3. The molecule has 13 heteroatoms. The van der Waals surface area contributed by atoms with Gasteiger partial charge in [0.15, 0.2) is 5.82 Å². The van der Waals surface area contributed by atoms with Gasteiger partial charge in [0, 0.05) is 37.2 Å². The summed E-state index contributed by atoms with van der Waals surface area (Å²) < 4.78 is 12.0. The number of nitrogens with zero attached hydrogens (tertiary/aromatic N) is 5. The lowest BCUT2D eigenvalue weighted by atomic mass is 10.1. The largest absolute Gasteiger partial charge is 0.424 e. The summed E-state index contributed by atoms with van der Waals surface area (Å²) in [6, 6.07) is 7.95. The Morgan fingerprint density at radius 3 is 2.52 bits per heavy atom. The third kappa shape index (κ3) is 6.35. The van der Waals surface area contributed by atoms with Crippen LogP contribution in [0.15, 0.2) is 55.2 Å². The molecule has 3 aromatic heterocycles. The van der Waals surface area contributed by atoms with Crippen LogP contribution in [0.1, 0.15) is 62.5 Å². The molecule has 218 valence electrons. The van der Waals surface area contributed by atoms with Crippen molar-refractivity contribution in [3.8, 4) is 0 Å². The highest BCUT2D eigenvalue weighted by molar-refractivity contribution is 6.05. The maximum Gasteiger partial charge on any atom is 0.423 e. The van der Waals surface area contributed by atoms with E-state index < -0.39 is 18.9 Å². The second-order valence-corrected chi connectivity index (χ2v) is 9.20. The molecule has 0 aliphatic carbocycles. The lowest BCUT2D eigenvalue weighted by molar-refractivity contribution is -0.000110. The summed E-state index contributed by atoms with van der Waals surface area (Å²) in [7, 11) is 0. The molecule has 0 atom stereocenters. The number of hydrogen-bond acceptors (Lipinski definition) is 9. The fourth-order valence-electron chi connectivity index (χ4n) is 4.19. The molecule has 42 heavy (non-hydrogen) atoms. The number of aryl methyl sites for hydroxylation is 2. The first-order valence-electron chi connectivity index (χ1n) is 13.3. The summed E-state index contributed by atoms with van der Waals surface area (Å²) in [6.07, 6.45) is 5.45. The minimum absolute atomic E-state index is 0.0942. The van der Waals surface area contributed by atoms with Crippen LogP contribution in [-0.2, 0) is 9.47 Å². The Balaban J connectivity index is 1.76. The van der Waals surface area contributed by atoms with Gasteiger partial charge in [-0.3, -0.25) is 14.6 Å². The number of aromatic nitrogens is 4. The Kier molecular flexibility index (Phi) is 9.42. The Bertz CT molecular complexity index is 1620. The minimum atomic E-state index is -0.941. The Morgan fingerprint density at radius 1 is 1.00 bits per heavy atom. The first kappa shape index (κ1) is 29.6. The molecule has 0 aliphatic heterocycles. The number of nitrogens with one attached hydrogen (secondary N) is 2. The van der Waals surface area contributed by atoms with E-state index in [1.54, 1.807) is 45.2 Å². The molecule has 4 rings (SSSR count). The van der Waals surface area contributed by atoms with Gasteiger partial charge in [-0.2, -0.15) is 5.10 Å². The highest BCUT2D eigenvalue weighted by Gasteiger charge is 2.29. The van der Waals surface area contributed by atoms with Gasteiger partial charge in [-0.25, -0.2) is 24.0 Å². The van der Waals surface area contributed by atoms with Crippen LogP contribution in [0.2, 0.25) is 0 Å². The number of carbonyl (C=O) groups excluding carboxylic acids is 4. The van der Waals surface area contributed by atoms with Crippen LogP contribution in [0.4, 0.5) is 16.3 Å². The number of amides is 3. The molecule has 4 aromatic rings. The molecule has 0 bridgehead atoms. The number of benzene rings is 1. The van der Waals surface area contributed by atoms with Gasteiger partial charge in [0.25, 0.3) is 11.8 Å². The number of pyridine rings is 1. The third-order valence-corrected chi connectivity index (χ3v) is 6.30. The molecular weight excluding hydrogens is 542 g/mol. The number of ether oxygens (including phenoxy) is 2. The molecule has 0 saturated carbocycles. The Hall–Kier alpha value is -5.33. The molecule has 0 radical (unpaired) electrons. The summed E-state index contributed by atoms with van der Waals surface area (Å²) in [4.78, 5) is 61.0. The fourth-order valence-corrected chi connectivity index (χ4v) is 4.19. The maximum absolute atomic E-state index is 13.7. The molecule has 3 amide bonds. The second-order valence-electron chi connectivity index (χ2n) is 9.20. The van der Waals surface area contributed by atoms with Crippen molar-refractivity contribution in [3.63, 3.8) is 0 Å². The number of carbonyl (C=O) groups is 4. The van der Waals surface area contributed by atoms with Gasteiger partial charge in [0.2, 0.25) is 6.79 Å². The van der Waals surface area contributed by atoms with E-state index in [1.807, 2.05) is 6.92 Å². The summed E-state index contributed by atoms with van der Waals surface area (Å²) in [6.45, 7) is 7.42. The van der Waals surface area contributed by atoms with Crippen molar-refractivity contribution in [1.29, 1.82) is 0 Å². The van der Waals surface area contributed by atoms with Crippen molar-refractivity contribution < 1.29 is 28.7 Å². The highest BCUT2D eigenvalue weighted by atomic mass is 16.7. The molecule has 1 aromatic carbocycles. The third-order valence-electron chi connectivity index (χ3n) is 6.30. The quantitative estimate of drug-likeness (QED) is 0.213. The number of hydrogen-bond donors (Lipinski definition) is 2. The zero-order valence-electron chi connectivity index (χ0n) is 23.7. The van der Waals surface area contributed by atoms with Gasteiger partial charge in [0.05, 0.1) is 16.8 Å². The smallest absolute Gasteiger partial charge is 0.423 e. The van der Waals surface area contributed by atoms with E-state index >= 15 is 0 Å². The van der Waals surface area contributed by atoms with Crippen LogP contribution < -0.4 is 15.5 Å². The van der Waals surface area contributed by atoms with Crippen molar-refractivity contribution in [1.82, 2.24) is 30.2 Å². The Labute approximate surface area is 241 Å². The average molecular weight is 574 g/mol. The summed E-state index contributed by atoms with van der Waals surface area (Å²) in [5, 5.41) is 9.82. The van der Waals surface area contributed by atoms with Crippen molar-refractivity contribution in [2.45, 2.75) is 34.1 Å². The van der Waals surface area contributed by atoms with Gasteiger partial charge in [-0.05, 0) is 62.6 Å². The van der Waals surface area contributed by atoms with Crippen LogP contribution in [0.3, 0.4) is 0 Å². The number of rotatable bonds is 10. The van der Waals surface area contributed by atoms with Crippen molar-refractivity contribution >= 4 is 40.9 Å². The van der Waals surface area contributed by atoms with E-state index in [1.165, 1.54) is 35.4 Å². The van der Waals surface area contributed by atoms with Crippen molar-refractivity contribution in [2.24, 2.45) is 0 Å². The summed E-state index contributed by atoms with van der Waals surface area (Å²) in [5.74, 6) is -1.26. The van der Waals surface area contributed by atoms with E-state index in [4.69, 9.17) is 9.47 Å². The van der Waals surface area contributed by atoms with Crippen LogP contribution in [0.5, 0.6) is 0 Å². The van der Waals surface area contributed by atoms with Crippen LogP contribution in [0.25, 0.3) is 5.52 Å². The standard InChI is InChI=1S/C29H31N7O6/c1-5-11-32-27(38)22-15-35-24(19(22)4)25(33-16-34-35)36(23-13-20(10-9-18(23)3)26(37)31-6-2)29(40)42-17-41-28(39)21-8-7-12-30-14-21/h7-10,12-16H,5-6,11,17H2,1-4H3,(H,31,37)(H,32,38). The van der Waals surface area contributed by atoms with E-state index in [2.05, 4.69) is 25.7 Å². The molecule has 0 saturated heterocycles. The van der Waals surface area contributed by atoms with Crippen LogP contribution in [0, 0.1) is 13.8 Å². The molecule has 0 spiro atoms. The first-order valence-corrected chi connectivity index (χ1v) is 13.3. The van der Waals surface area contributed by atoms with Gasteiger partial charge in [-0.1, -0.05) is 13.0 Å². The average Bonchev–Trinajstić information content (AvgIpc) is 3.34. The normalized spacial score (nSPS) is 10.7. The van der Waals surface area contributed by atoms with E-state index in [0.29, 0.717) is 46.5 Å². The monoisotopic (exact) mass is 573 g/mol. The molecule has 0 fully saturated rings. The molecular formula is C29H31N7O6. The second kappa shape index (κ2) is 13.4. The zero-order valence-corrected chi connectivity index (χ0v) is 23.7. The topological polar surface area (TPSA) is 157 Å². The van der Waals surface area contributed by atoms with Gasteiger partial charge in [0.1, 0.15) is 11.8 Å². The Morgan fingerprint density at radius 2 is 1.81 bits per heavy atom. The molecule has 0 aliphatic rings. The molecule has 13 nitrogen and oxygen atoms in total. The molecule has 2 N–H and O–H groups in total. The summed E-state index contributed by atoms with van der Waals surface area (Å²) >= 11 is 0. The lowest BCUT2D eigenvalue weighted by Gasteiger charge is -2.24. The van der Waals surface area contributed by atoms with Crippen molar-refractivity contribution in [2.75, 3.05) is 24.8 Å². The van der Waals surface area contributed by atoms with Gasteiger partial charge < -0.3 is 20.1 Å². The number of esters is 1. The van der Waals surface area contributed by atoms with Crippen molar-refractivity contribution in [3.05, 3.63) is 83.1 Å². The predicted molar refractivity (Wildman–Crippen MR) is 153 cm³/mol. The van der Waals surface area contributed by atoms with E-state index in [9.17, 15) is 19.2 Å². The lowest BCUT2D eigenvalue weighted by Crippen LogP contribution is -2.31. The van der Waals surface area contributed by atoms with Gasteiger partial charge in [-0.15, -0.1) is 0 Å². The van der Waals surface area contributed by atoms with Crippen LogP contribution in [-0.4, -0.2) is 63.3 Å². The number of anilines is 2.